The first kappa shape index (κ1) is 10.5. The molecular weight excluding hydrogens is 168 g/mol. The summed E-state index contributed by atoms with van der Waals surface area (Å²) in [5.41, 5.74) is -0.740. The Morgan fingerprint density at radius 1 is 1.54 bits per heavy atom. The van der Waals surface area contributed by atoms with Gasteiger partial charge in [-0.15, -0.1) is 0 Å². The Hall–Kier alpha value is -0.570. The van der Waals surface area contributed by atoms with Gasteiger partial charge in [0.2, 0.25) is 0 Å². The first-order chi connectivity index (χ1) is 6.02. The van der Waals surface area contributed by atoms with Crippen LogP contribution in [0, 0.1) is 11.3 Å². The van der Waals surface area contributed by atoms with Crippen LogP contribution in [0.4, 0.5) is 0 Å². The van der Waals surface area contributed by atoms with Crippen LogP contribution in [0.3, 0.4) is 0 Å². The van der Waals surface area contributed by atoms with Gasteiger partial charge in [0.15, 0.2) is 0 Å². The lowest BCUT2D eigenvalue weighted by molar-refractivity contribution is -0.154. The van der Waals surface area contributed by atoms with Crippen molar-refractivity contribution in [2.75, 3.05) is 0 Å². The van der Waals surface area contributed by atoms with Crippen LogP contribution >= 0.6 is 0 Å². The second-order valence-electron chi connectivity index (χ2n) is 4.18. The van der Waals surface area contributed by atoms with Crippen LogP contribution in [0.5, 0.6) is 0 Å². The maximum Gasteiger partial charge on any atom is 0.309 e. The summed E-state index contributed by atoms with van der Waals surface area (Å²) in [5, 5.41) is 18.7. The van der Waals surface area contributed by atoms with Crippen LogP contribution < -0.4 is 0 Å². The second kappa shape index (κ2) is 3.66. The number of rotatable bonds is 3. The van der Waals surface area contributed by atoms with Crippen molar-refractivity contribution in [2.45, 2.75) is 45.6 Å². The Morgan fingerprint density at radius 3 is 2.46 bits per heavy atom. The summed E-state index contributed by atoms with van der Waals surface area (Å²) in [7, 11) is 0. The molecular formula is C10H18O3. The number of carboxylic acids is 1. The highest BCUT2D eigenvalue weighted by Gasteiger charge is 2.45. The second-order valence-corrected chi connectivity index (χ2v) is 4.18. The van der Waals surface area contributed by atoms with Crippen molar-refractivity contribution in [1.29, 1.82) is 0 Å². The smallest absolute Gasteiger partial charge is 0.309 e. The minimum absolute atomic E-state index is 0.0602. The zero-order valence-corrected chi connectivity index (χ0v) is 8.29. The first-order valence-corrected chi connectivity index (χ1v) is 4.94. The van der Waals surface area contributed by atoms with E-state index in [1.54, 1.807) is 6.92 Å². The molecule has 0 aliphatic heterocycles. The summed E-state index contributed by atoms with van der Waals surface area (Å²) in [4.78, 5) is 11.1. The van der Waals surface area contributed by atoms with Gasteiger partial charge in [-0.05, 0) is 26.2 Å². The molecule has 0 saturated heterocycles. The van der Waals surface area contributed by atoms with E-state index in [2.05, 4.69) is 0 Å². The van der Waals surface area contributed by atoms with Crippen molar-refractivity contribution in [1.82, 2.24) is 0 Å². The van der Waals surface area contributed by atoms with E-state index in [0.717, 1.165) is 19.3 Å². The van der Waals surface area contributed by atoms with E-state index in [9.17, 15) is 9.90 Å². The predicted octanol–water partition coefficient (Wildman–Crippen LogP) is 1.65. The standard InChI is InChI=1S/C10H18O3/c1-3-10(2,9(12)13)7-5-4-6-8(7)11/h7-8,11H,3-6H2,1-2H3,(H,12,13). The summed E-state index contributed by atoms with van der Waals surface area (Å²) in [5.74, 6) is -0.837. The van der Waals surface area contributed by atoms with Gasteiger partial charge in [0.1, 0.15) is 0 Å². The molecule has 0 amide bonds. The zero-order chi connectivity index (χ0) is 10.1. The molecule has 0 aromatic heterocycles. The van der Waals surface area contributed by atoms with Crippen LogP contribution in [0.2, 0.25) is 0 Å². The van der Waals surface area contributed by atoms with Crippen molar-refractivity contribution in [3.63, 3.8) is 0 Å². The molecule has 3 atom stereocenters. The molecule has 3 heteroatoms. The molecule has 3 unspecified atom stereocenters. The average Bonchev–Trinajstić information content (AvgIpc) is 2.50. The van der Waals surface area contributed by atoms with Crippen LogP contribution in [-0.4, -0.2) is 22.3 Å². The number of carboxylic acid groups (broad SMARTS) is 1. The van der Waals surface area contributed by atoms with Gasteiger partial charge < -0.3 is 10.2 Å². The first-order valence-electron chi connectivity index (χ1n) is 4.94. The molecule has 1 aliphatic rings. The molecule has 13 heavy (non-hydrogen) atoms. The predicted molar refractivity (Wildman–Crippen MR) is 49.4 cm³/mol. The minimum Gasteiger partial charge on any atom is -0.481 e. The van der Waals surface area contributed by atoms with Crippen LogP contribution in [-0.2, 0) is 4.79 Å². The van der Waals surface area contributed by atoms with Crippen LogP contribution in [0.1, 0.15) is 39.5 Å². The lowest BCUT2D eigenvalue weighted by Gasteiger charge is -2.32. The quantitative estimate of drug-likeness (QED) is 0.704. The van der Waals surface area contributed by atoms with Gasteiger partial charge in [-0.3, -0.25) is 4.79 Å². The molecule has 1 aliphatic carbocycles. The molecule has 0 heterocycles. The topological polar surface area (TPSA) is 57.5 Å². The maximum absolute atomic E-state index is 11.1. The third kappa shape index (κ3) is 1.70. The van der Waals surface area contributed by atoms with Gasteiger partial charge in [0.25, 0.3) is 0 Å². The zero-order valence-electron chi connectivity index (χ0n) is 8.29. The summed E-state index contributed by atoms with van der Waals surface area (Å²) in [6.07, 6.45) is 2.73. The van der Waals surface area contributed by atoms with E-state index < -0.39 is 17.5 Å². The summed E-state index contributed by atoms with van der Waals surface area (Å²) in [6.45, 7) is 3.62. The van der Waals surface area contributed by atoms with E-state index in [1.165, 1.54) is 0 Å². The Morgan fingerprint density at radius 2 is 2.15 bits per heavy atom. The van der Waals surface area contributed by atoms with E-state index >= 15 is 0 Å². The number of aliphatic hydroxyl groups is 1. The summed E-state index contributed by atoms with van der Waals surface area (Å²) in [6, 6.07) is 0. The monoisotopic (exact) mass is 186 g/mol. The van der Waals surface area contributed by atoms with Gasteiger partial charge in [-0.25, -0.2) is 0 Å². The lowest BCUT2D eigenvalue weighted by atomic mass is 9.73. The molecule has 0 spiro atoms. The van der Waals surface area contributed by atoms with Crippen LogP contribution in [0.15, 0.2) is 0 Å². The fraction of sp³-hybridized carbons (Fsp3) is 0.900. The Balaban J connectivity index is 2.81. The summed E-state index contributed by atoms with van der Waals surface area (Å²) < 4.78 is 0. The van der Waals surface area contributed by atoms with Crippen molar-refractivity contribution in [2.24, 2.45) is 11.3 Å². The summed E-state index contributed by atoms with van der Waals surface area (Å²) >= 11 is 0. The fourth-order valence-corrected chi connectivity index (χ4v) is 2.26. The van der Waals surface area contributed by atoms with E-state index in [-0.39, 0.29) is 5.92 Å². The van der Waals surface area contributed by atoms with Crippen LogP contribution in [0.25, 0.3) is 0 Å². The molecule has 0 aromatic rings. The molecule has 0 radical (unpaired) electrons. The maximum atomic E-state index is 11.1. The number of carbonyl (C=O) groups is 1. The molecule has 1 rings (SSSR count). The third-order valence-corrected chi connectivity index (χ3v) is 3.52. The Kier molecular flexibility index (Phi) is 2.96. The third-order valence-electron chi connectivity index (χ3n) is 3.52. The van der Waals surface area contributed by atoms with Crippen molar-refractivity contribution in [3.05, 3.63) is 0 Å². The van der Waals surface area contributed by atoms with Crippen molar-refractivity contribution < 1.29 is 15.0 Å². The molecule has 76 valence electrons. The molecule has 2 N–H and O–H groups in total. The number of hydrogen-bond acceptors (Lipinski definition) is 2. The molecule has 0 bridgehead atoms. The lowest BCUT2D eigenvalue weighted by Crippen LogP contribution is -2.39. The minimum atomic E-state index is -0.777. The van der Waals surface area contributed by atoms with Gasteiger partial charge in [0, 0.05) is 5.92 Å². The van der Waals surface area contributed by atoms with E-state index in [0.29, 0.717) is 6.42 Å². The highest BCUT2D eigenvalue weighted by molar-refractivity contribution is 5.74. The Labute approximate surface area is 78.8 Å². The number of aliphatic carboxylic acids is 1. The largest absolute Gasteiger partial charge is 0.481 e. The normalized spacial score (nSPS) is 32.8. The van der Waals surface area contributed by atoms with E-state index in [4.69, 9.17) is 5.11 Å². The average molecular weight is 186 g/mol. The van der Waals surface area contributed by atoms with Gasteiger partial charge in [-0.2, -0.15) is 0 Å². The highest BCUT2D eigenvalue weighted by atomic mass is 16.4. The fourth-order valence-electron chi connectivity index (χ4n) is 2.26. The Bertz CT molecular complexity index is 202. The molecule has 0 aromatic carbocycles. The molecule has 1 fully saturated rings. The van der Waals surface area contributed by atoms with Crippen molar-refractivity contribution >= 4 is 5.97 Å². The highest BCUT2D eigenvalue weighted by Crippen LogP contribution is 2.42. The van der Waals surface area contributed by atoms with Gasteiger partial charge in [-0.1, -0.05) is 13.3 Å². The van der Waals surface area contributed by atoms with Crippen molar-refractivity contribution in [3.8, 4) is 0 Å². The number of aliphatic hydroxyl groups excluding tert-OH is 1. The molecule has 3 nitrogen and oxygen atoms in total. The van der Waals surface area contributed by atoms with E-state index in [1.807, 2.05) is 6.92 Å². The van der Waals surface area contributed by atoms with Gasteiger partial charge in [0.05, 0.1) is 11.5 Å². The SMILES string of the molecule is CCC(C)(C(=O)O)C1CCCC1O. The molecule has 1 saturated carbocycles. The van der Waals surface area contributed by atoms with Gasteiger partial charge >= 0.3 is 5.97 Å². The number of hydrogen-bond donors (Lipinski definition) is 2.